The van der Waals surface area contributed by atoms with Gasteiger partial charge in [0, 0.05) is 6.20 Å². The van der Waals surface area contributed by atoms with Gasteiger partial charge in [0.1, 0.15) is 0 Å². The van der Waals surface area contributed by atoms with Gasteiger partial charge < -0.3 is 0 Å². The summed E-state index contributed by atoms with van der Waals surface area (Å²) in [6.07, 6.45) is 1.89. The highest BCUT2D eigenvalue weighted by Gasteiger charge is 2.11. The molecule has 0 N–H and O–H groups in total. The van der Waals surface area contributed by atoms with Gasteiger partial charge in [0.15, 0.2) is 10.4 Å². The highest BCUT2D eigenvalue weighted by Crippen LogP contribution is 2.27. The van der Waals surface area contributed by atoms with E-state index in [1.165, 1.54) is 4.70 Å². The van der Waals surface area contributed by atoms with E-state index >= 15 is 0 Å². The fraction of sp³-hybridized carbons (Fsp3) is 0. The van der Waals surface area contributed by atoms with Gasteiger partial charge in [-0.05, 0) is 24.3 Å². The van der Waals surface area contributed by atoms with Gasteiger partial charge in [-0.3, -0.25) is 9.20 Å². The molecule has 0 atom stereocenters. The zero-order valence-electron chi connectivity index (χ0n) is 9.33. The number of fused-ring (bicyclic) bond motifs is 4. The van der Waals surface area contributed by atoms with Crippen molar-refractivity contribution in [2.45, 2.75) is 0 Å². The molecule has 18 heavy (non-hydrogen) atoms. The SMILES string of the molecule is O=c1cccc2nc3sc4ccccc4n3cc1-2. The van der Waals surface area contributed by atoms with Crippen molar-refractivity contribution in [3.8, 4) is 11.3 Å². The van der Waals surface area contributed by atoms with Crippen molar-refractivity contribution < 1.29 is 0 Å². The summed E-state index contributed by atoms with van der Waals surface area (Å²) in [6.45, 7) is 0. The summed E-state index contributed by atoms with van der Waals surface area (Å²) in [6, 6.07) is 13.3. The Morgan fingerprint density at radius 1 is 1.06 bits per heavy atom. The Labute approximate surface area is 106 Å². The molecule has 1 aromatic carbocycles. The van der Waals surface area contributed by atoms with Gasteiger partial charge in [-0.1, -0.05) is 29.5 Å². The van der Waals surface area contributed by atoms with E-state index in [4.69, 9.17) is 0 Å². The zero-order valence-corrected chi connectivity index (χ0v) is 10.1. The fourth-order valence-electron chi connectivity index (χ4n) is 2.19. The lowest BCUT2D eigenvalue weighted by Gasteiger charge is -2.03. The molecule has 0 bridgehead atoms. The Bertz CT molecular complexity index is 906. The molecule has 3 nitrogen and oxygen atoms in total. The summed E-state index contributed by atoms with van der Waals surface area (Å²) in [7, 11) is 0. The van der Waals surface area contributed by atoms with Crippen LogP contribution in [0.1, 0.15) is 0 Å². The molecule has 2 heterocycles. The molecule has 0 fully saturated rings. The molecule has 0 amide bonds. The molecule has 1 aliphatic heterocycles. The van der Waals surface area contributed by atoms with Crippen molar-refractivity contribution >= 4 is 26.5 Å². The van der Waals surface area contributed by atoms with Crippen molar-refractivity contribution in [3.63, 3.8) is 0 Å². The van der Waals surface area contributed by atoms with E-state index in [-0.39, 0.29) is 5.43 Å². The van der Waals surface area contributed by atoms with Gasteiger partial charge in [0.05, 0.1) is 21.5 Å². The standard InChI is InChI=1S/C14H8N2OS/c17-12-6-3-4-10-9(12)8-16-11-5-1-2-7-13(11)18-14(16)15-10/h1-8H. The van der Waals surface area contributed by atoms with Crippen molar-refractivity contribution in [2.24, 2.45) is 0 Å². The second-order valence-corrected chi connectivity index (χ2v) is 5.16. The second-order valence-electron chi connectivity index (χ2n) is 4.15. The molecular formula is C14H8N2OS. The Hall–Kier alpha value is -2.20. The van der Waals surface area contributed by atoms with Crippen LogP contribution in [0.3, 0.4) is 0 Å². The first kappa shape index (κ1) is 9.79. The topological polar surface area (TPSA) is 34.4 Å². The van der Waals surface area contributed by atoms with Crippen LogP contribution in [0.2, 0.25) is 0 Å². The minimum absolute atomic E-state index is 0.0182. The van der Waals surface area contributed by atoms with Crippen LogP contribution in [0, 0.1) is 0 Å². The van der Waals surface area contributed by atoms with Gasteiger partial charge in [-0.25, -0.2) is 4.98 Å². The highest BCUT2D eigenvalue weighted by atomic mass is 32.1. The van der Waals surface area contributed by atoms with Crippen LogP contribution in [-0.2, 0) is 0 Å². The normalized spacial score (nSPS) is 11.6. The smallest absolute Gasteiger partial charge is 0.195 e. The molecule has 1 aliphatic carbocycles. The van der Waals surface area contributed by atoms with Gasteiger partial charge in [0.25, 0.3) is 0 Å². The summed E-state index contributed by atoms with van der Waals surface area (Å²) in [5.41, 5.74) is 2.53. The molecule has 0 radical (unpaired) electrons. The molecular weight excluding hydrogens is 244 g/mol. The number of para-hydroxylation sites is 1. The van der Waals surface area contributed by atoms with Gasteiger partial charge in [0.2, 0.25) is 0 Å². The predicted molar refractivity (Wildman–Crippen MR) is 73.5 cm³/mol. The number of rotatable bonds is 0. The summed E-state index contributed by atoms with van der Waals surface area (Å²) in [4.78, 5) is 17.3. The van der Waals surface area contributed by atoms with E-state index in [0.717, 1.165) is 16.2 Å². The Kier molecular flexibility index (Phi) is 1.85. The average Bonchev–Trinajstić information content (AvgIpc) is 2.75. The molecule has 0 unspecified atom stereocenters. The predicted octanol–water partition coefficient (Wildman–Crippen LogP) is 3.01. The summed E-state index contributed by atoms with van der Waals surface area (Å²) in [5.74, 6) is 0. The maximum atomic E-state index is 11.8. The second kappa shape index (κ2) is 3.40. The van der Waals surface area contributed by atoms with Crippen LogP contribution in [-0.4, -0.2) is 9.38 Å². The third kappa shape index (κ3) is 1.23. The molecule has 0 spiro atoms. The molecule has 2 aliphatic rings. The van der Waals surface area contributed by atoms with E-state index in [9.17, 15) is 4.79 Å². The average molecular weight is 252 g/mol. The molecule has 0 saturated heterocycles. The monoisotopic (exact) mass is 252 g/mol. The largest absolute Gasteiger partial charge is 0.291 e. The lowest BCUT2D eigenvalue weighted by atomic mass is 10.1. The van der Waals surface area contributed by atoms with E-state index in [1.807, 2.05) is 34.9 Å². The maximum Gasteiger partial charge on any atom is 0.195 e. The number of hydrogen-bond acceptors (Lipinski definition) is 3. The van der Waals surface area contributed by atoms with Crippen molar-refractivity contribution in [1.29, 1.82) is 0 Å². The molecule has 86 valence electrons. The van der Waals surface area contributed by atoms with Crippen LogP contribution >= 0.6 is 11.3 Å². The third-order valence-electron chi connectivity index (χ3n) is 3.05. The number of benzene rings is 2. The Morgan fingerprint density at radius 2 is 1.94 bits per heavy atom. The van der Waals surface area contributed by atoms with Gasteiger partial charge >= 0.3 is 0 Å². The lowest BCUT2D eigenvalue weighted by molar-refractivity contribution is 1.17. The van der Waals surface area contributed by atoms with Gasteiger partial charge in [-0.15, -0.1) is 0 Å². The minimum atomic E-state index is 0.0182. The van der Waals surface area contributed by atoms with Crippen molar-refractivity contribution in [1.82, 2.24) is 9.38 Å². The molecule has 0 saturated carbocycles. The Morgan fingerprint density at radius 3 is 2.89 bits per heavy atom. The van der Waals surface area contributed by atoms with Gasteiger partial charge in [-0.2, -0.15) is 0 Å². The molecule has 4 rings (SSSR count). The summed E-state index contributed by atoms with van der Waals surface area (Å²) < 4.78 is 3.16. The zero-order chi connectivity index (χ0) is 12.1. The minimum Gasteiger partial charge on any atom is -0.291 e. The lowest BCUT2D eigenvalue weighted by Crippen LogP contribution is -2.06. The van der Waals surface area contributed by atoms with Crippen molar-refractivity contribution in [2.75, 3.05) is 0 Å². The van der Waals surface area contributed by atoms with Crippen LogP contribution in [0.5, 0.6) is 0 Å². The van der Waals surface area contributed by atoms with E-state index in [0.29, 0.717) is 5.56 Å². The first-order chi connectivity index (χ1) is 8.83. The van der Waals surface area contributed by atoms with Crippen LogP contribution in [0.15, 0.2) is 53.5 Å². The van der Waals surface area contributed by atoms with Crippen LogP contribution < -0.4 is 5.43 Å². The first-order valence-corrected chi connectivity index (χ1v) is 6.44. The fourth-order valence-corrected chi connectivity index (χ4v) is 3.19. The first-order valence-electron chi connectivity index (χ1n) is 5.63. The Balaban J connectivity index is 2.29. The number of thiazole rings is 1. The quantitative estimate of drug-likeness (QED) is 0.482. The number of hydrogen-bond donors (Lipinski definition) is 0. The molecule has 2 aromatic rings. The number of nitrogens with zero attached hydrogens (tertiary/aromatic N) is 2. The van der Waals surface area contributed by atoms with E-state index < -0.39 is 0 Å². The van der Waals surface area contributed by atoms with E-state index in [1.54, 1.807) is 23.5 Å². The highest BCUT2D eigenvalue weighted by molar-refractivity contribution is 7.23. The van der Waals surface area contributed by atoms with Crippen LogP contribution in [0.4, 0.5) is 0 Å². The van der Waals surface area contributed by atoms with E-state index in [2.05, 4.69) is 11.1 Å². The molecule has 1 aromatic heterocycles. The summed E-state index contributed by atoms with van der Waals surface area (Å²) >= 11 is 1.63. The number of aromatic nitrogens is 2. The third-order valence-corrected chi connectivity index (χ3v) is 4.09. The van der Waals surface area contributed by atoms with Crippen molar-refractivity contribution in [3.05, 3.63) is 58.9 Å². The molecule has 4 heteroatoms. The summed E-state index contributed by atoms with van der Waals surface area (Å²) in [5, 5.41) is 0. The van der Waals surface area contributed by atoms with Crippen LogP contribution in [0.25, 0.3) is 26.4 Å². The maximum absolute atomic E-state index is 11.8.